The second kappa shape index (κ2) is 8.61. The third-order valence-corrected chi connectivity index (χ3v) is 5.90. The van der Waals surface area contributed by atoms with E-state index in [-0.39, 0.29) is 11.9 Å². The Morgan fingerprint density at radius 1 is 0.964 bits per heavy atom. The molecule has 28 heavy (non-hydrogen) atoms. The zero-order valence-electron chi connectivity index (χ0n) is 16.6. The van der Waals surface area contributed by atoms with Gasteiger partial charge in [-0.25, -0.2) is 0 Å². The summed E-state index contributed by atoms with van der Waals surface area (Å²) < 4.78 is 2.18. The van der Waals surface area contributed by atoms with Crippen molar-refractivity contribution >= 4 is 16.7 Å². The van der Waals surface area contributed by atoms with Gasteiger partial charge < -0.3 is 9.88 Å². The Balaban J connectivity index is 1.55. The molecule has 4 heteroatoms. The molecule has 3 aromatic rings. The topological polar surface area (TPSA) is 37.3 Å². The highest BCUT2D eigenvalue weighted by Gasteiger charge is 2.24. The molecule has 0 radical (unpaired) electrons. The fraction of sp³-hybridized carbons (Fsp3) is 0.375. The molecule has 0 spiro atoms. The van der Waals surface area contributed by atoms with E-state index in [9.17, 15) is 4.79 Å². The predicted molar refractivity (Wildman–Crippen MR) is 114 cm³/mol. The van der Waals surface area contributed by atoms with Crippen LogP contribution in [0.2, 0.25) is 0 Å². The van der Waals surface area contributed by atoms with Crippen LogP contribution in [0.25, 0.3) is 10.8 Å². The minimum Gasteiger partial charge on any atom is -0.353 e. The van der Waals surface area contributed by atoms with E-state index in [1.54, 1.807) is 0 Å². The van der Waals surface area contributed by atoms with Gasteiger partial charge in [0.2, 0.25) is 0 Å². The van der Waals surface area contributed by atoms with Crippen LogP contribution in [0.4, 0.5) is 0 Å². The van der Waals surface area contributed by atoms with Gasteiger partial charge in [0.1, 0.15) is 0 Å². The predicted octanol–water partition coefficient (Wildman–Crippen LogP) is 4.53. The van der Waals surface area contributed by atoms with E-state index >= 15 is 0 Å². The number of hydrogen-bond acceptors (Lipinski definition) is 2. The Morgan fingerprint density at radius 3 is 2.46 bits per heavy atom. The van der Waals surface area contributed by atoms with Crippen LogP contribution in [0, 0.1) is 0 Å². The van der Waals surface area contributed by atoms with E-state index in [0.29, 0.717) is 6.54 Å². The summed E-state index contributed by atoms with van der Waals surface area (Å²) in [7, 11) is 2.09. The molecule has 4 rings (SSSR count). The van der Waals surface area contributed by atoms with Gasteiger partial charge in [0, 0.05) is 31.0 Å². The highest BCUT2D eigenvalue weighted by molar-refractivity contribution is 6.07. The van der Waals surface area contributed by atoms with Crippen molar-refractivity contribution < 1.29 is 4.79 Å². The minimum absolute atomic E-state index is 0.00540. The van der Waals surface area contributed by atoms with Crippen molar-refractivity contribution in [2.75, 3.05) is 19.6 Å². The van der Waals surface area contributed by atoms with Gasteiger partial charge in [0.15, 0.2) is 0 Å². The maximum atomic E-state index is 13.0. The molecule has 1 saturated heterocycles. The van der Waals surface area contributed by atoms with Crippen molar-refractivity contribution in [2.45, 2.75) is 31.7 Å². The Morgan fingerprint density at radius 2 is 1.71 bits per heavy atom. The van der Waals surface area contributed by atoms with Gasteiger partial charge in [0.25, 0.3) is 5.91 Å². The van der Waals surface area contributed by atoms with E-state index in [1.807, 2.05) is 30.3 Å². The molecular formula is C24H29N3O. The summed E-state index contributed by atoms with van der Waals surface area (Å²) in [5, 5.41) is 5.34. The fourth-order valence-electron chi connectivity index (χ4n) is 4.36. The first-order valence-electron chi connectivity index (χ1n) is 10.4. The molecule has 1 atom stereocenters. The highest BCUT2D eigenvalue weighted by Crippen LogP contribution is 2.24. The smallest absolute Gasteiger partial charge is 0.251 e. The lowest BCUT2D eigenvalue weighted by Gasteiger charge is -2.31. The number of likely N-dealkylation sites (tertiary alicyclic amines) is 1. The third-order valence-electron chi connectivity index (χ3n) is 5.90. The van der Waals surface area contributed by atoms with Gasteiger partial charge in [-0.2, -0.15) is 0 Å². The Hall–Kier alpha value is -2.59. The molecular weight excluding hydrogens is 346 g/mol. The van der Waals surface area contributed by atoms with Crippen LogP contribution in [0.3, 0.4) is 0 Å². The summed E-state index contributed by atoms with van der Waals surface area (Å²) in [5.74, 6) is 0.00540. The molecule has 2 aromatic carbocycles. The van der Waals surface area contributed by atoms with Crippen LogP contribution in [0.5, 0.6) is 0 Å². The molecule has 0 saturated carbocycles. The van der Waals surface area contributed by atoms with Crippen molar-refractivity contribution in [3.63, 3.8) is 0 Å². The molecule has 1 aliphatic rings. The average Bonchev–Trinajstić information content (AvgIpc) is 2.97. The Labute approximate surface area is 167 Å². The van der Waals surface area contributed by atoms with Crippen molar-refractivity contribution in [3.05, 3.63) is 72.1 Å². The average molecular weight is 376 g/mol. The van der Waals surface area contributed by atoms with Crippen LogP contribution in [0.15, 0.2) is 60.8 Å². The minimum atomic E-state index is 0.00540. The fourth-order valence-corrected chi connectivity index (χ4v) is 4.36. The van der Waals surface area contributed by atoms with Crippen LogP contribution in [0.1, 0.15) is 47.8 Å². The number of fused-ring (bicyclic) bond motifs is 1. The van der Waals surface area contributed by atoms with Gasteiger partial charge in [-0.15, -0.1) is 0 Å². The molecule has 1 amide bonds. The molecule has 2 heterocycles. The third kappa shape index (κ3) is 3.97. The Kier molecular flexibility index (Phi) is 5.77. The first-order chi connectivity index (χ1) is 13.7. The van der Waals surface area contributed by atoms with Crippen LogP contribution < -0.4 is 5.32 Å². The summed E-state index contributed by atoms with van der Waals surface area (Å²) in [5.41, 5.74) is 2.01. The van der Waals surface area contributed by atoms with Crippen LogP contribution >= 0.6 is 0 Å². The van der Waals surface area contributed by atoms with Gasteiger partial charge in [0.05, 0.1) is 6.04 Å². The highest BCUT2D eigenvalue weighted by atomic mass is 16.1. The maximum Gasteiger partial charge on any atom is 0.251 e. The van der Waals surface area contributed by atoms with E-state index in [4.69, 9.17) is 0 Å². The second-order valence-electron chi connectivity index (χ2n) is 7.75. The first-order valence-corrected chi connectivity index (χ1v) is 10.4. The molecule has 146 valence electrons. The molecule has 1 fully saturated rings. The molecule has 0 aliphatic carbocycles. The van der Waals surface area contributed by atoms with E-state index in [1.165, 1.54) is 31.4 Å². The molecule has 1 aliphatic heterocycles. The number of aromatic nitrogens is 1. The number of nitrogens with zero attached hydrogens (tertiary/aromatic N) is 2. The summed E-state index contributed by atoms with van der Waals surface area (Å²) in [6.07, 6.45) is 7.17. The molecule has 4 nitrogen and oxygen atoms in total. The molecule has 1 N–H and O–H groups in total. The maximum absolute atomic E-state index is 13.0. The second-order valence-corrected chi connectivity index (χ2v) is 7.75. The van der Waals surface area contributed by atoms with E-state index in [2.05, 4.69) is 52.3 Å². The number of amides is 1. The zero-order valence-corrected chi connectivity index (χ0v) is 16.6. The van der Waals surface area contributed by atoms with Crippen molar-refractivity contribution in [1.82, 2.24) is 14.8 Å². The molecule has 0 bridgehead atoms. The molecule has 1 unspecified atom stereocenters. The monoisotopic (exact) mass is 375 g/mol. The first kappa shape index (κ1) is 18.8. The van der Waals surface area contributed by atoms with Crippen LogP contribution in [-0.4, -0.2) is 35.0 Å². The largest absolute Gasteiger partial charge is 0.353 e. The number of rotatable bonds is 5. The summed E-state index contributed by atoms with van der Waals surface area (Å²) in [6.45, 7) is 2.82. The molecule has 1 aromatic heterocycles. The normalized spacial score (nSPS) is 16.6. The quantitative estimate of drug-likeness (QED) is 0.712. The summed E-state index contributed by atoms with van der Waals surface area (Å²) in [4.78, 5) is 15.6. The number of carbonyl (C=O) groups excluding carboxylic acids is 1. The lowest BCUT2D eigenvalue weighted by molar-refractivity contribution is 0.0933. The van der Waals surface area contributed by atoms with Gasteiger partial charge in [-0.3, -0.25) is 9.69 Å². The number of aryl methyl sites for hydroxylation is 1. The number of nitrogens with one attached hydrogen (secondary N) is 1. The van der Waals surface area contributed by atoms with Crippen LogP contribution in [-0.2, 0) is 7.05 Å². The standard InChI is InChI=1S/C24H29N3O/c1-26-15-9-14-22(26)23(27-16-6-2-3-7-17-27)18-25-24(28)21-13-8-11-19-10-4-5-12-20(19)21/h4-5,8-15,23H,2-3,6-7,16-18H2,1H3,(H,25,28). The van der Waals surface area contributed by atoms with Crippen molar-refractivity contribution in [2.24, 2.45) is 7.05 Å². The van der Waals surface area contributed by atoms with E-state index < -0.39 is 0 Å². The lowest BCUT2D eigenvalue weighted by atomic mass is 10.0. The number of benzene rings is 2. The van der Waals surface area contributed by atoms with Gasteiger partial charge in [-0.1, -0.05) is 49.2 Å². The lowest BCUT2D eigenvalue weighted by Crippen LogP contribution is -2.39. The Bertz CT molecular complexity index is 932. The summed E-state index contributed by atoms with van der Waals surface area (Å²) >= 11 is 0. The number of hydrogen-bond donors (Lipinski definition) is 1. The van der Waals surface area contributed by atoms with Gasteiger partial charge in [-0.05, 0) is 54.9 Å². The summed E-state index contributed by atoms with van der Waals surface area (Å²) in [6, 6.07) is 18.5. The van der Waals surface area contributed by atoms with Gasteiger partial charge >= 0.3 is 0 Å². The SMILES string of the molecule is Cn1cccc1C(CNC(=O)c1cccc2ccccc12)N1CCCCCC1. The van der Waals surface area contributed by atoms with Crippen molar-refractivity contribution in [3.8, 4) is 0 Å². The van der Waals surface area contributed by atoms with E-state index in [0.717, 1.165) is 29.4 Å². The number of carbonyl (C=O) groups is 1. The van der Waals surface area contributed by atoms with Crippen molar-refractivity contribution in [1.29, 1.82) is 0 Å². The zero-order chi connectivity index (χ0) is 19.3.